The monoisotopic (exact) mass is 394 g/mol. The number of anilines is 1. The van der Waals surface area contributed by atoms with Gasteiger partial charge in [0.25, 0.3) is 0 Å². The van der Waals surface area contributed by atoms with E-state index in [1.807, 2.05) is 37.3 Å². The maximum atomic E-state index is 12.7. The average molecular weight is 395 g/mol. The van der Waals surface area contributed by atoms with Gasteiger partial charge in [-0.1, -0.05) is 17.7 Å². The summed E-state index contributed by atoms with van der Waals surface area (Å²) in [6.45, 7) is 3.99. The van der Waals surface area contributed by atoms with E-state index in [0.29, 0.717) is 17.3 Å². The Kier molecular flexibility index (Phi) is 5.75. The molecule has 0 amide bonds. The first-order chi connectivity index (χ1) is 12.4. The lowest BCUT2D eigenvalue weighted by molar-refractivity contribution is 0.402. The average Bonchev–Trinajstić information content (AvgIpc) is 3.10. The first-order valence-corrected chi connectivity index (χ1v) is 10.4. The summed E-state index contributed by atoms with van der Waals surface area (Å²) >= 11 is 5.94. The molecule has 1 heterocycles. The maximum Gasteiger partial charge on any atom is 0.244 e. The van der Waals surface area contributed by atoms with Crippen LogP contribution in [0.4, 0.5) is 5.69 Å². The molecule has 0 aliphatic carbocycles. The fourth-order valence-electron chi connectivity index (χ4n) is 3.18. The van der Waals surface area contributed by atoms with E-state index in [0.717, 1.165) is 30.8 Å². The molecule has 7 heteroatoms. The molecule has 1 aliphatic rings. The van der Waals surface area contributed by atoms with Gasteiger partial charge in [0.05, 0.1) is 7.11 Å². The second-order valence-electron chi connectivity index (χ2n) is 6.58. The molecule has 1 N–H and O–H groups in total. The van der Waals surface area contributed by atoms with Crippen molar-refractivity contribution in [1.29, 1.82) is 0 Å². The Morgan fingerprint density at radius 1 is 1.23 bits per heavy atom. The van der Waals surface area contributed by atoms with Crippen LogP contribution in [0.3, 0.4) is 0 Å². The van der Waals surface area contributed by atoms with Crippen LogP contribution >= 0.6 is 11.6 Å². The van der Waals surface area contributed by atoms with Gasteiger partial charge in [-0.3, -0.25) is 0 Å². The minimum Gasteiger partial charge on any atom is -0.495 e. The van der Waals surface area contributed by atoms with Gasteiger partial charge in [0.1, 0.15) is 10.6 Å². The Bertz CT molecular complexity index is 869. The lowest BCUT2D eigenvalue weighted by Gasteiger charge is -2.19. The summed E-state index contributed by atoms with van der Waals surface area (Å²) in [7, 11) is -2.13. The van der Waals surface area contributed by atoms with Gasteiger partial charge in [-0.2, -0.15) is 0 Å². The van der Waals surface area contributed by atoms with Gasteiger partial charge in [-0.05, 0) is 61.2 Å². The molecule has 0 radical (unpaired) electrons. The third-order valence-corrected chi connectivity index (χ3v) is 6.35. The highest BCUT2D eigenvalue weighted by Crippen LogP contribution is 2.27. The normalized spacial score (nSPS) is 17.5. The van der Waals surface area contributed by atoms with Crippen molar-refractivity contribution in [3.05, 3.63) is 53.1 Å². The second kappa shape index (κ2) is 7.86. The molecule has 0 spiro atoms. The van der Waals surface area contributed by atoms with Crippen LogP contribution < -0.4 is 14.4 Å². The number of ether oxygens (including phenoxy) is 1. The van der Waals surface area contributed by atoms with Crippen molar-refractivity contribution in [1.82, 2.24) is 4.72 Å². The number of hydrogen-bond donors (Lipinski definition) is 1. The van der Waals surface area contributed by atoms with Gasteiger partial charge < -0.3 is 9.64 Å². The molecule has 3 rings (SSSR count). The molecule has 0 aromatic heterocycles. The molecule has 1 saturated heterocycles. The maximum absolute atomic E-state index is 12.7. The molecule has 2 aromatic carbocycles. The Hall–Kier alpha value is -1.76. The molecule has 2 aromatic rings. The first-order valence-electron chi connectivity index (χ1n) is 8.54. The van der Waals surface area contributed by atoms with Gasteiger partial charge in [0.15, 0.2) is 0 Å². The highest BCUT2D eigenvalue weighted by atomic mass is 35.5. The second-order valence-corrected chi connectivity index (χ2v) is 8.76. The van der Waals surface area contributed by atoms with E-state index in [1.54, 1.807) is 12.1 Å². The number of nitrogens with zero attached hydrogens (tertiary/aromatic N) is 1. The molecule has 0 bridgehead atoms. The van der Waals surface area contributed by atoms with E-state index in [2.05, 4.69) is 9.62 Å². The van der Waals surface area contributed by atoms with Crippen LogP contribution in [0.5, 0.6) is 5.75 Å². The lowest BCUT2D eigenvalue weighted by atomic mass is 10.1. The van der Waals surface area contributed by atoms with Crippen molar-refractivity contribution in [2.75, 3.05) is 31.6 Å². The zero-order valence-electron chi connectivity index (χ0n) is 14.9. The van der Waals surface area contributed by atoms with Crippen LogP contribution in [-0.2, 0) is 10.0 Å². The molecule has 5 nitrogen and oxygen atoms in total. The summed E-state index contributed by atoms with van der Waals surface area (Å²) in [5.41, 5.74) is 1.99. The van der Waals surface area contributed by atoms with Crippen LogP contribution in [0.15, 0.2) is 47.4 Å². The van der Waals surface area contributed by atoms with Crippen LogP contribution in [0, 0.1) is 12.8 Å². The zero-order chi connectivity index (χ0) is 18.7. The molecular weight excluding hydrogens is 372 g/mol. The topological polar surface area (TPSA) is 58.6 Å². The highest BCUT2D eigenvalue weighted by molar-refractivity contribution is 7.89. The SMILES string of the molecule is COc1ccc(C)cc1S(=O)(=O)NCC1CCN(c2ccc(Cl)cc2)C1. The van der Waals surface area contributed by atoms with Gasteiger partial charge >= 0.3 is 0 Å². The number of rotatable bonds is 6. The van der Waals surface area contributed by atoms with Crippen LogP contribution in [0.1, 0.15) is 12.0 Å². The number of benzene rings is 2. The molecule has 1 atom stereocenters. The minimum atomic E-state index is -3.61. The van der Waals surface area contributed by atoms with E-state index < -0.39 is 10.0 Å². The van der Waals surface area contributed by atoms with Crippen molar-refractivity contribution in [2.24, 2.45) is 5.92 Å². The van der Waals surface area contributed by atoms with Crippen molar-refractivity contribution in [2.45, 2.75) is 18.2 Å². The van der Waals surface area contributed by atoms with E-state index >= 15 is 0 Å². The predicted molar refractivity (Wildman–Crippen MR) is 105 cm³/mol. The van der Waals surface area contributed by atoms with E-state index in [4.69, 9.17) is 16.3 Å². The van der Waals surface area contributed by atoms with Crippen molar-refractivity contribution in [3.8, 4) is 5.75 Å². The van der Waals surface area contributed by atoms with Crippen LogP contribution in [-0.4, -0.2) is 35.2 Å². The van der Waals surface area contributed by atoms with Crippen molar-refractivity contribution >= 4 is 27.3 Å². The molecule has 26 heavy (non-hydrogen) atoms. The minimum absolute atomic E-state index is 0.188. The third kappa shape index (κ3) is 4.31. The lowest BCUT2D eigenvalue weighted by Crippen LogP contribution is -2.31. The standard InChI is InChI=1S/C19H23ClN2O3S/c1-14-3-8-18(25-2)19(11-14)26(23,24)21-12-15-9-10-22(13-15)17-6-4-16(20)5-7-17/h3-8,11,15,21H,9-10,12-13H2,1-2H3. The van der Waals surface area contributed by atoms with Crippen molar-refractivity contribution < 1.29 is 13.2 Å². The number of hydrogen-bond acceptors (Lipinski definition) is 4. The Labute approximate surface area is 160 Å². The largest absolute Gasteiger partial charge is 0.495 e. The molecule has 1 fully saturated rings. The van der Waals surface area contributed by atoms with Crippen molar-refractivity contribution in [3.63, 3.8) is 0 Å². The Morgan fingerprint density at radius 3 is 2.65 bits per heavy atom. The molecule has 0 saturated carbocycles. The molecular formula is C19H23ClN2O3S. The van der Waals surface area contributed by atoms with E-state index in [1.165, 1.54) is 7.11 Å². The Morgan fingerprint density at radius 2 is 1.96 bits per heavy atom. The molecule has 1 aliphatic heterocycles. The Balaban J connectivity index is 1.64. The summed E-state index contributed by atoms with van der Waals surface area (Å²) < 4.78 is 33.3. The molecule has 1 unspecified atom stereocenters. The fourth-order valence-corrected chi connectivity index (χ4v) is 4.68. The van der Waals surface area contributed by atoms with Gasteiger partial charge in [-0.25, -0.2) is 13.1 Å². The summed E-state index contributed by atoms with van der Waals surface area (Å²) in [6, 6.07) is 12.9. The zero-order valence-corrected chi connectivity index (χ0v) is 16.5. The predicted octanol–water partition coefficient (Wildman–Crippen LogP) is 3.46. The number of methoxy groups -OCH3 is 1. The van der Waals surface area contributed by atoms with Gasteiger partial charge in [-0.15, -0.1) is 0 Å². The highest BCUT2D eigenvalue weighted by Gasteiger charge is 2.26. The number of halogens is 1. The van der Waals surface area contributed by atoms with Crippen LogP contribution in [0.2, 0.25) is 5.02 Å². The van der Waals surface area contributed by atoms with Gasteiger partial charge in [0, 0.05) is 30.3 Å². The smallest absolute Gasteiger partial charge is 0.244 e. The summed E-state index contributed by atoms with van der Waals surface area (Å²) in [5, 5.41) is 0.712. The quantitative estimate of drug-likeness (QED) is 0.815. The first kappa shape index (κ1) is 19.0. The van der Waals surface area contributed by atoms with E-state index in [-0.39, 0.29) is 10.8 Å². The van der Waals surface area contributed by atoms with Gasteiger partial charge in [0.2, 0.25) is 10.0 Å². The number of sulfonamides is 1. The summed E-state index contributed by atoms with van der Waals surface area (Å²) in [6.07, 6.45) is 0.941. The third-order valence-electron chi connectivity index (χ3n) is 4.65. The number of aryl methyl sites for hydroxylation is 1. The number of nitrogens with one attached hydrogen (secondary N) is 1. The van der Waals surface area contributed by atoms with Crippen LogP contribution in [0.25, 0.3) is 0 Å². The summed E-state index contributed by atoms with van der Waals surface area (Å²) in [4.78, 5) is 2.44. The fraction of sp³-hybridized carbons (Fsp3) is 0.368. The van der Waals surface area contributed by atoms with E-state index in [9.17, 15) is 8.42 Å². The molecule has 140 valence electrons. The summed E-state index contributed by atoms with van der Waals surface area (Å²) in [5.74, 6) is 0.619.